The number of nitro benzene ring substituents is 1. The summed E-state index contributed by atoms with van der Waals surface area (Å²) in [4.78, 5) is 12.3. The van der Waals surface area contributed by atoms with Crippen LogP contribution in [-0.4, -0.2) is 28.6 Å². The van der Waals surface area contributed by atoms with E-state index >= 15 is 0 Å². The van der Waals surface area contributed by atoms with Crippen molar-refractivity contribution in [3.63, 3.8) is 0 Å². The fraction of sp³-hybridized carbons (Fsp3) is 0.250. The van der Waals surface area contributed by atoms with E-state index in [4.69, 9.17) is 23.2 Å². The van der Waals surface area contributed by atoms with Gasteiger partial charge in [0.25, 0.3) is 5.69 Å². The lowest BCUT2D eigenvalue weighted by Crippen LogP contribution is -2.27. The zero-order valence-corrected chi connectivity index (χ0v) is 14.0. The molecule has 2 rings (SSSR count). The molecule has 0 amide bonds. The monoisotopic (exact) mass is 354 g/mol. The van der Waals surface area contributed by atoms with E-state index < -0.39 is 4.92 Å². The molecule has 0 fully saturated rings. The minimum Gasteiger partial charge on any atom is -0.394 e. The highest BCUT2D eigenvalue weighted by Gasteiger charge is 2.19. The maximum absolute atomic E-state index is 10.9. The number of aliphatic hydroxyl groups is 1. The molecule has 2 aromatic rings. The largest absolute Gasteiger partial charge is 0.394 e. The molecule has 0 aliphatic rings. The molecule has 0 heterocycles. The van der Waals surface area contributed by atoms with E-state index in [1.165, 1.54) is 12.1 Å². The number of nitro groups is 1. The maximum Gasteiger partial charge on any atom is 0.269 e. The average molecular weight is 355 g/mol. The van der Waals surface area contributed by atoms with Crippen LogP contribution in [0.2, 0.25) is 10.0 Å². The Labute approximate surface area is 144 Å². The molecule has 0 aromatic heterocycles. The first-order valence-electron chi connectivity index (χ1n) is 6.91. The Balaban J connectivity index is 2.22. The van der Waals surface area contributed by atoms with E-state index in [-0.39, 0.29) is 18.3 Å². The predicted molar refractivity (Wildman–Crippen MR) is 90.9 cm³/mol. The molecule has 0 saturated carbocycles. The lowest BCUT2D eigenvalue weighted by atomic mass is 10.0. The normalized spacial score (nSPS) is 12.4. The van der Waals surface area contributed by atoms with E-state index in [0.717, 1.165) is 5.56 Å². The van der Waals surface area contributed by atoms with Gasteiger partial charge in [-0.2, -0.15) is 0 Å². The van der Waals surface area contributed by atoms with Crippen molar-refractivity contribution in [3.05, 3.63) is 73.8 Å². The Morgan fingerprint density at radius 2 is 2.00 bits per heavy atom. The summed E-state index contributed by atoms with van der Waals surface area (Å²) < 4.78 is 0. The number of nitrogens with zero attached hydrogens (tertiary/aromatic N) is 2. The Morgan fingerprint density at radius 3 is 2.61 bits per heavy atom. The summed E-state index contributed by atoms with van der Waals surface area (Å²) >= 11 is 12.1. The highest BCUT2D eigenvalue weighted by molar-refractivity contribution is 6.35. The second-order valence-corrected chi connectivity index (χ2v) is 6.04. The number of non-ortho nitro benzene ring substituents is 1. The summed E-state index contributed by atoms with van der Waals surface area (Å²) in [6.07, 6.45) is 0. The van der Waals surface area contributed by atoms with E-state index in [0.29, 0.717) is 22.2 Å². The number of halogens is 2. The number of rotatable bonds is 6. The van der Waals surface area contributed by atoms with Gasteiger partial charge < -0.3 is 5.11 Å². The Bertz CT molecular complexity index is 709. The summed E-state index contributed by atoms with van der Waals surface area (Å²) in [5.74, 6) is 0. The zero-order chi connectivity index (χ0) is 17.0. The van der Waals surface area contributed by atoms with Gasteiger partial charge in [0, 0.05) is 28.7 Å². The SMILES string of the molecule is CN(Cc1ccc(Cl)cc1Cl)C(CO)c1cccc([N+](=O)[O-])c1. The molecule has 2 aromatic carbocycles. The predicted octanol–water partition coefficient (Wildman–Crippen LogP) is 4.07. The Hall–Kier alpha value is -1.66. The van der Waals surface area contributed by atoms with Crippen LogP contribution in [-0.2, 0) is 6.54 Å². The first kappa shape index (κ1) is 17.7. The van der Waals surface area contributed by atoms with Crippen molar-refractivity contribution in [1.29, 1.82) is 0 Å². The van der Waals surface area contributed by atoms with Crippen LogP contribution < -0.4 is 0 Å². The molecule has 0 bridgehead atoms. The highest BCUT2D eigenvalue weighted by Crippen LogP contribution is 2.27. The molecule has 0 saturated heterocycles. The second kappa shape index (κ2) is 7.75. The lowest BCUT2D eigenvalue weighted by molar-refractivity contribution is -0.385. The number of hydrogen-bond donors (Lipinski definition) is 1. The van der Waals surface area contributed by atoms with Crippen molar-refractivity contribution in [2.45, 2.75) is 12.6 Å². The van der Waals surface area contributed by atoms with Gasteiger partial charge in [0.2, 0.25) is 0 Å². The molecular weight excluding hydrogens is 339 g/mol. The van der Waals surface area contributed by atoms with E-state index in [1.54, 1.807) is 24.3 Å². The van der Waals surface area contributed by atoms with Gasteiger partial charge in [0.1, 0.15) is 0 Å². The van der Waals surface area contributed by atoms with Gasteiger partial charge in [-0.05, 0) is 30.3 Å². The van der Waals surface area contributed by atoms with E-state index in [1.807, 2.05) is 18.0 Å². The lowest BCUT2D eigenvalue weighted by Gasteiger charge is -2.27. The van der Waals surface area contributed by atoms with Crippen LogP contribution in [0, 0.1) is 10.1 Å². The molecule has 0 aliphatic carbocycles. The van der Waals surface area contributed by atoms with Crippen LogP contribution in [0.15, 0.2) is 42.5 Å². The van der Waals surface area contributed by atoms with Crippen molar-refractivity contribution in [3.8, 4) is 0 Å². The molecule has 0 radical (unpaired) electrons. The van der Waals surface area contributed by atoms with E-state index in [2.05, 4.69) is 0 Å². The van der Waals surface area contributed by atoms with Crippen LogP contribution in [0.25, 0.3) is 0 Å². The first-order chi connectivity index (χ1) is 10.9. The third kappa shape index (κ3) is 4.42. The summed E-state index contributed by atoms with van der Waals surface area (Å²) in [7, 11) is 1.82. The molecule has 1 atom stereocenters. The molecule has 0 aliphatic heterocycles. The molecule has 5 nitrogen and oxygen atoms in total. The van der Waals surface area contributed by atoms with Gasteiger partial charge in [0.05, 0.1) is 17.6 Å². The fourth-order valence-electron chi connectivity index (χ4n) is 2.37. The molecule has 0 spiro atoms. The van der Waals surface area contributed by atoms with Crippen molar-refractivity contribution in [1.82, 2.24) is 4.90 Å². The minimum absolute atomic E-state index is 0.00104. The minimum atomic E-state index is -0.450. The number of aliphatic hydroxyl groups excluding tert-OH is 1. The Kier molecular flexibility index (Phi) is 5.96. The Morgan fingerprint density at radius 1 is 1.26 bits per heavy atom. The topological polar surface area (TPSA) is 66.6 Å². The molecule has 1 N–H and O–H groups in total. The number of hydrogen-bond acceptors (Lipinski definition) is 4. The van der Waals surface area contributed by atoms with Crippen molar-refractivity contribution < 1.29 is 10.0 Å². The van der Waals surface area contributed by atoms with Gasteiger partial charge in [-0.1, -0.05) is 41.4 Å². The van der Waals surface area contributed by atoms with Crippen LogP contribution in [0.4, 0.5) is 5.69 Å². The molecule has 122 valence electrons. The zero-order valence-electron chi connectivity index (χ0n) is 12.4. The van der Waals surface area contributed by atoms with Gasteiger partial charge in [0.15, 0.2) is 0 Å². The molecule has 23 heavy (non-hydrogen) atoms. The summed E-state index contributed by atoms with van der Waals surface area (Å²) in [6, 6.07) is 11.1. The van der Waals surface area contributed by atoms with Gasteiger partial charge in [-0.3, -0.25) is 15.0 Å². The third-order valence-corrected chi connectivity index (χ3v) is 4.19. The maximum atomic E-state index is 10.9. The first-order valence-corrected chi connectivity index (χ1v) is 7.67. The van der Waals surface area contributed by atoms with Gasteiger partial charge >= 0.3 is 0 Å². The average Bonchev–Trinajstić information content (AvgIpc) is 2.51. The molecule has 7 heteroatoms. The van der Waals surface area contributed by atoms with Gasteiger partial charge in [-0.25, -0.2) is 0 Å². The smallest absolute Gasteiger partial charge is 0.269 e. The third-order valence-electron chi connectivity index (χ3n) is 3.61. The highest BCUT2D eigenvalue weighted by atomic mass is 35.5. The summed E-state index contributed by atoms with van der Waals surface area (Å²) in [6.45, 7) is 0.312. The summed E-state index contributed by atoms with van der Waals surface area (Å²) in [5.41, 5.74) is 1.54. The second-order valence-electron chi connectivity index (χ2n) is 5.20. The van der Waals surface area contributed by atoms with Crippen LogP contribution in [0.5, 0.6) is 0 Å². The fourth-order valence-corrected chi connectivity index (χ4v) is 2.84. The van der Waals surface area contributed by atoms with Crippen molar-refractivity contribution >= 4 is 28.9 Å². The van der Waals surface area contributed by atoms with Crippen LogP contribution in [0.3, 0.4) is 0 Å². The van der Waals surface area contributed by atoms with Crippen LogP contribution in [0.1, 0.15) is 17.2 Å². The standard InChI is InChI=1S/C16H16Cl2N2O3/c1-19(9-12-5-6-13(17)8-15(12)18)16(10-21)11-3-2-4-14(7-11)20(22)23/h2-8,16,21H,9-10H2,1H3. The van der Waals surface area contributed by atoms with E-state index in [9.17, 15) is 15.2 Å². The molecular formula is C16H16Cl2N2O3. The molecule has 1 unspecified atom stereocenters. The van der Waals surface area contributed by atoms with Crippen LogP contribution >= 0.6 is 23.2 Å². The quantitative estimate of drug-likeness (QED) is 0.627. The summed E-state index contributed by atoms with van der Waals surface area (Å²) in [5, 5.41) is 21.7. The number of likely N-dealkylation sites (N-methyl/N-ethyl adjacent to an activating group) is 1. The van der Waals surface area contributed by atoms with Crippen molar-refractivity contribution in [2.24, 2.45) is 0 Å². The number of benzene rings is 2. The van der Waals surface area contributed by atoms with Crippen molar-refractivity contribution in [2.75, 3.05) is 13.7 Å². The van der Waals surface area contributed by atoms with Gasteiger partial charge in [-0.15, -0.1) is 0 Å².